The molecule has 0 aliphatic rings. The Balaban J connectivity index is 1.98. The number of aryl methyl sites for hydroxylation is 3. The second kappa shape index (κ2) is 5.32. The minimum absolute atomic E-state index is 0.169. The smallest absolute Gasteiger partial charge is 0.262 e. The number of rotatable bonds is 4. The minimum Gasteiger partial charge on any atom is -0.334 e. The summed E-state index contributed by atoms with van der Waals surface area (Å²) < 4.78 is 5.31. The monoisotopic (exact) mass is 300 g/mol. The highest BCUT2D eigenvalue weighted by atomic mass is 16.1. The zero-order chi connectivity index (χ0) is 15.9. The van der Waals surface area contributed by atoms with Crippen LogP contribution in [0.2, 0.25) is 0 Å². The first-order valence-corrected chi connectivity index (χ1v) is 7.41. The van der Waals surface area contributed by atoms with Crippen molar-refractivity contribution in [2.24, 2.45) is 14.1 Å². The van der Waals surface area contributed by atoms with Crippen molar-refractivity contribution in [2.45, 2.75) is 26.7 Å². The number of nitrogens with one attached hydrogen (secondary N) is 1. The molecule has 7 heteroatoms. The number of carbonyl (C=O) groups excluding carboxylic acids is 1. The van der Waals surface area contributed by atoms with Gasteiger partial charge in [0.25, 0.3) is 5.91 Å². The molecule has 116 valence electrons. The number of hydrogen-bond donors (Lipinski definition) is 1. The largest absolute Gasteiger partial charge is 0.334 e. The molecule has 0 aliphatic carbocycles. The molecule has 0 radical (unpaired) electrons. The van der Waals surface area contributed by atoms with E-state index < -0.39 is 0 Å². The summed E-state index contributed by atoms with van der Waals surface area (Å²) in [7, 11) is 3.74. The van der Waals surface area contributed by atoms with Gasteiger partial charge >= 0.3 is 0 Å². The standard InChI is InChI=1S/C15H20N6O/c1-5-10-12(6-2)18-20(4)13(10)17-14(22)11-9-16-21-8-7-19(3)15(11)21/h7-9H,5-6H2,1-4H3,(H,17,22). The van der Waals surface area contributed by atoms with Gasteiger partial charge in [0, 0.05) is 32.1 Å². The Labute approximate surface area is 128 Å². The molecular weight excluding hydrogens is 280 g/mol. The van der Waals surface area contributed by atoms with Crippen LogP contribution in [0.3, 0.4) is 0 Å². The van der Waals surface area contributed by atoms with E-state index in [0.717, 1.165) is 35.6 Å². The number of fused-ring (bicyclic) bond motifs is 1. The molecule has 1 N–H and O–H groups in total. The van der Waals surface area contributed by atoms with Crippen LogP contribution < -0.4 is 5.32 Å². The summed E-state index contributed by atoms with van der Waals surface area (Å²) in [5, 5.41) is 11.7. The zero-order valence-electron chi connectivity index (χ0n) is 13.3. The zero-order valence-corrected chi connectivity index (χ0v) is 13.3. The lowest BCUT2D eigenvalue weighted by atomic mass is 10.1. The summed E-state index contributed by atoms with van der Waals surface area (Å²) in [6.07, 6.45) is 6.97. The molecule has 0 spiro atoms. The summed E-state index contributed by atoms with van der Waals surface area (Å²) in [4.78, 5) is 12.6. The van der Waals surface area contributed by atoms with E-state index in [1.165, 1.54) is 0 Å². The Morgan fingerprint density at radius 2 is 2.00 bits per heavy atom. The quantitative estimate of drug-likeness (QED) is 0.798. The van der Waals surface area contributed by atoms with Crippen LogP contribution in [0, 0.1) is 0 Å². The van der Waals surface area contributed by atoms with E-state index in [9.17, 15) is 4.79 Å². The summed E-state index contributed by atoms with van der Waals surface area (Å²) in [6.45, 7) is 4.14. The van der Waals surface area contributed by atoms with Gasteiger partial charge in [-0.05, 0) is 12.8 Å². The van der Waals surface area contributed by atoms with Gasteiger partial charge in [0.1, 0.15) is 17.0 Å². The first-order chi connectivity index (χ1) is 10.6. The number of amides is 1. The number of nitrogens with zero attached hydrogens (tertiary/aromatic N) is 5. The second-order valence-electron chi connectivity index (χ2n) is 5.29. The first kappa shape index (κ1) is 14.4. The van der Waals surface area contributed by atoms with E-state index in [0.29, 0.717) is 5.56 Å². The van der Waals surface area contributed by atoms with Crippen LogP contribution in [0.4, 0.5) is 5.82 Å². The van der Waals surface area contributed by atoms with E-state index in [1.54, 1.807) is 15.4 Å². The fourth-order valence-electron chi connectivity index (χ4n) is 2.82. The van der Waals surface area contributed by atoms with Crippen LogP contribution >= 0.6 is 0 Å². The van der Waals surface area contributed by atoms with Crippen LogP contribution in [-0.4, -0.2) is 29.9 Å². The van der Waals surface area contributed by atoms with Crippen molar-refractivity contribution in [3.05, 3.63) is 35.4 Å². The van der Waals surface area contributed by atoms with Gasteiger partial charge in [-0.15, -0.1) is 0 Å². The van der Waals surface area contributed by atoms with E-state index in [4.69, 9.17) is 0 Å². The molecule has 0 atom stereocenters. The molecule has 22 heavy (non-hydrogen) atoms. The van der Waals surface area contributed by atoms with Crippen LogP contribution in [0.15, 0.2) is 18.6 Å². The Hall–Kier alpha value is -2.57. The average molecular weight is 300 g/mol. The third-order valence-corrected chi connectivity index (χ3v) is 3.93. The van der Waals surface area contributed by atoms with E-state index in [2.05, 4.69) is 29.4 Å². The highest BCUT2D eigenvalue weighted by Crippen LogP contribution is 2.22. The summed E-state index contributed by atoms with van der Waals surface area (Å²) in [5.41, 5.74) is 3.44. The number of hydrogen-bond acceptors (Lipinski definition) is 3. The molecule has 3 heterocycles. The molecule has 0 aromatic carbocycles. The maximum absolute atomic E-state index is 12.6. The van der Waals surface area contributed by atoms with Crippen molar-refractivity contribution in [2.75, 3.05) is 5.32 Å². The SMILES string of the molecule is CCc1nn(C)c(NC(=O)c2cnn3ccn(C)c23)c1CC. The molecule has 1 amide bonds. The predicted octanol–water partition coefficient (Wildman–Crippen LogP) is 1.78. The van der Waals surface area contributed by atoms with Crippen molar-refractivity contribution in [3.8, 4) is 0 Å². The first-order valence-electron chi connectivity index (χ1n) is 7.41. The van der Waals surface area contributed by atoms with Crippen molar-refractivity contribution in [3.63, 3.8) is 0 Å². The van der Waals surface area contributed by atoms with E-state index in [1.807, 2.05) is 31.1 Å². The van der Waals surface area contributed by atoms with Crippen LogP contribution in [0.5, 0.6) is 0 Å². The van der Waals surface area contributed by atoms with Gasteiger partial charge in [0.05, 0.1) is 11.9 Å². The minimum atomic E-state index is -0.169. The fraction of sp³-hybridized carbons (Fsp3) is 0.400. The molecule has 0 aliphatic heterocycles. The fourth-order valence-corrected chi connectivity index (χ4v) is 2.82. The van der Waals surface area contributed by atoms with Crippen molar-refractivity contribution in [1.82, 2.24) is 24.0 Å². The van der Waals surface area contributed by atoms with Crippen LogP contribution in [0.1, 0.15) is 35.5 Å². The van der Waals surface area contributed by atoms with Crippen molar-refractivity contribution in [1.29, 1.82) is 0 Å². The van der Waals surface area contributed by atoms with Crippen LogP contribution in [-0.2, 0) is 26.9 Å². The Bertz CT molecular complexity index is 838. The summed E-state index contributed by atoms with van der Waals surface area (Å²) in [6, 6.07) is 0. The molecule has 7 nitrogen and oxygen atoms in total. The lowest BCUT2D eigenvalue weighted by molar-refractivity contribution is 0.102. The van der Waals surface area contributed by atoms with Gasteiger partial charge in [0.2, 0.25) is 0 Å². The number of anilines is 1. The molecule has 0 saturated carbocycles. The van der Waals surface area contributed by atoms with Crippen molar-refractivity contribution < 1.29 is 4.79 Å². The number of aromatic nitrogens is 5. The molecule has 0 saturated heterocycles. The summed E-state index contributed by atoms with van der Waals surface area (Å²) in [5.74, 6) is 0.593. The van der Waals surface area contributed by atoms with E-state index in [-0.39, 0.29) is 5.91 Å². The Morgan fingerprint density at radius 3 is 2.68 bits per heavy atom. The highest BCUT2D eigenvalue weighted by molar-refractivity contribution is 6.08. The highest BCUT2D eigenvalue weighted by Gasteiger charge is 2.20. The van der Waals surface area contributed by atoms with E-state index >= 15 is 0 Å². The lowest BCUT2D eigenvalue weighted by Gasteiger charge is -2.07. The summed E-state index contributed by atoms with van der Waals surface area (Å²) >= 11 is 0. The van der Waals surface area contributed by atoms with Gasteiger partial charge in [0.15, 0.2) is 0 Å². The number of carbonyl (C=O) groups is 1. The second-order valence-corrected chi connectivity index (χ2v) is 5.29. The Kier molecular flexibility index (Phi) is 3.48. The third-order valence-electron chi connectivity index (χ3n) is 3.93. The van der Waals surface area contributed by atoms with Gasteiger partial charge < -0.3 is 9.88 Å². The maximum Gasteiger partial charge on any atom is 0.262 e. The molecular formula is C15H20N6O. The molecule has 3 rings (SSSR count). The lowest BCUT2D eigenvalue weighted by Crippen LogP contribution is -2.16. The Morgan fingerprint density at radius 1 is 1.23 bits per heavy atom. The average Bonchev–Trinajstić information content (AvgIpc) is 3.15. The van der Waals surface area contributed by atoms with Crippen LogP contribution in [0.25, 0.3) is 5.65 Å². The molecule has 0 bridgehead atoms. The molecule has 3 aromatic heterocycles. The molecule has 3 aromatic rings. The third kappa shape index (κ3) is 2.09. The van der Waals surface area contributed by atoms with Gasteiger partial charge in [-0.1, -0.05) is 13.8 Å². The number of imidazole rings is 1. The maximum atomic E-state index is 12.6. The van der Waals surface area contributed by atoms with Gasteiger partial charge in [-0.2, -0.15) is 10.2 Å². The molecule has 0 unspecified atom stereocenters. The van der Waals surface area contributed by atoms with Gasteiger partial charge in [-0.25, -0.2) is 4.52 Å². The van der Waals surface area contributed by atoms with Gasteiger partial charge in [-0.3, -0.25) is 9.48 Å². The molecule has 0 fully saturated rings. The normalized spacial score (nSPS) is 11.3. The van der Waals surface area contributed by atoms with Crippen molar-refractivity contribution >= 4 is 17.4 Å². The predicted molar refractivity (Wildman–Crippen MR) is 84.1 cm³/mol. The topological polar surface area (TPSA) is 69.2 Å².